The second kappa shape index (κ2) is 6.79. The first-order valence-electron chi connectivity index (χ1n) is 9.29. The third-order valence-corrected chi connectivity index (χ3v) is 6.76. The van der Waals surface area contributed by atoms with Crippen molar-refractivity contribution in [2.75, 3.05) is 0 Å². The Bertz CT molecular complexity index is 1460. The van der Waals surface area contributed by atoms with Crippen molar-refractivity contribution in [2.24, 2.45) is 0 Å². The van der Waals surface area contributed by atoms with Gasteiger partial charge in [-0.1, -0.05) is 66.7 Å². The predicted octanol–water partition coefficient (Wildman–Crippen LogP) is 5.53. The highest BCUT2D eigenvalue weighted by molar-refractivity contribution is 7.90. The van der Waals surface area contributed by atoms with Gasteiger partial charge >= 0.3 is 0 Å². The van der Waals surface area contributed by atoms with Crippen molar-refractivity contribution >= 4 is 44.0 Å². The van der Waals surface area contributed by atoms with E-state index in [9.17, 15) is 8.42 Å². The van der Waals surface area contributed by atoms with Crippen LogP contribution in [-0.4, -0.2) is 17.4 Å². The van der Waals surface area contributed by atoms with Crippen molar-refractivity contribution in [3.05, 3.63) is 102 Å². The molecule has 0 bridgehead atoms. The molecule has 0 spiro atoms. The first-order chi connectivity index (χ1) is 14.1. The number of aromatic nitrogens is 2. The fourth-order valence-corrected chi connectivity index (χ4v) is 5.02. The Labute approximate surface area is 168 Å². The molecule has 1 N–H and O–H groups in total. The van der Waals surface area contributed by atoms with Gasteiger partial charge in [-0.3, -0.25) is 0 Å². The normalized spacial score (nSPS) is 12.3. The maximum absolute atomic E-state index is 13.2. The van der Waals surface area contributed by atoms with Gasteiger partial charge in [-0.15, -0.1) is 0 Å². The average Bonchev–Trinajstić information content (AvgIpc) is 3.35. The van der Waals surface area contributed by atoms with E-state index in [4.69, 9.17) is 0 Å². The molecular formula is C24H18N2O2S. The lowest BCUT2D eigenvalue weighted by Crippen LogP contribution is -2.11. The van der Waals surface area contributed by atoms with Crippen LogP contribution in [0.4, 0.5) is 0 Å². The number of nitrogens with zero attached hydrogens (tertiary/aromatic N) is 1. The molecule has 5 rings (SSSR count). The van der Waals surface area contributed by atoms with Gasteiger partial charge in [0.2, 0.25) is 0 Å². The molecule has 0 atom stereocenters. The van der Waals surface area contributed by atoms with E-state index in [0.717, 1.165) is 27.4 Å². The van der Waals surface area contributed by atoms with Gasteiger partial charge in [-0.05, 0) is 29.8 Å². The maximum atomic E-state index is 13.2. The summed E-state index contributed by atoms with van der Waals surface area (Å²) in [5, 5.41) is 2.02. The van der Waals surface area contributed by atoms with Gasteiger partial charge in [-0.25, -0.2) is 12.4 Å². The zero-order valence-corrected chi connectivity index (χ0v) is 16.3. The van der Waals surface area contributed by atoms with Crippen molar-refractivity contribution in [1.29, 1.82) is 0 Å². The van der Waals surface area contributed by atoms with E-state index in [0.29, 0.717) is 5.52 Å². The standard InChI is InChI=1S/C24H18N2O2S/c27-29(28,20-8-2-1-3-9-20)26-17-19(22-11-5-7-13-24(22)26)15-14-18-16-25-23-12-6-4-10-21(18)23/h1-17,25H/b15-14-. The predicted molar refractivity (Wildman–Crippen MR) is 118 cm³/mol. The number of para-hydroxylation sites is 2. The zero-order valence-electron chi connectivity index (χ0n) is 15.5. The van der Waals surface area contributed by atoms with E-state index in [1.165, 1.54) is 3.97 Å². The van der Waals surface area contributed by atoms with Crippen LogP contribution in [0.5, 0.6) is 0 Å². The summed E-state index contributed by atoms with van der Waals surface area (Å²) in [6, 6.07) is 24.2. The lowest BCUT2D eigenvalue weighted by molar-refractivity contribution is 0.589. The van der Waals surface area contributed by atoms with E-state index < -0.39 is 10.0 Å². The molecule has 2 heterocycles. The second-order valence-electron chi connectivity index (χ2n) is 6.84. The third-order valence-electron chi connectivity index (χ3n) is 5.07. The number of aromatic amines is 1. The molecule has 0 aliphatic heterocycles. The third kappa shape index (κ3) is 2.96. The van der Waals surface area contributed by atoms with Crippen LogP contribution in [0.25, 0.3) is 34.0 Å². The second-order valence-corrected chi connectivity index (χ2v) is 8.65. The summed E-state index contributed by atoms with van der Waals surface area (Å²) in [6.45, 7) is 0. The zero-order chi connectivity index (χ0) is 19.8. The molecule has 0 aliphatic carbocycles. The molecule has 0 saturated heterocycles. The minimum absolute atomic E-state index is 0.271. The van der Waals surface area contributed by atoms with E-state index >= 15 is 0 Å². The summed E-state index contributed by atoms with van der Waals surface area (Å²) < 4.78 is 27.8. The van der Waals surface area contributed by atoms with Gasteiger partial charge in [0.15, 0.2) is 0 Å². The lowest BCUT2D eigenvalue weighted by atomic mass is 10.1. The van der Waals surface area contributed by atoms with Gasteiger partial charge in [0.05, 0.1) is 10.4 Å². The maximum Gasteiger partial charge on any atom is 0.268 e. The van der Waals surface area contributed by atoms with Crippen LogP contribution in [-0.2, 0) is 10.0 Å². The minimum atomic E-state index is -3.67. The smallest absolute Gasteiger partial charge is 0.268 e. The van der Waals surface area contributed by atoms with Gasteiger partial charge < -0.3 is 4.98 Å². The molecule has 0 radical (unpaired) electrons. The summed E-state index contributed by atoms with van der Waals surface area (Å²) in [4.78, 5) is 3.53. The SMILES string of the molecule is O=S(=O)(c1ccccc1)n1cc(/C=C\c2c[nH]c3ccccc23)c2ccccc21. The number of hydrogen-bond acceptors (Lipinski definition) is 2. The van der Waals surface area contributed by atoms with Crippen LogP contribution in [0.1, 0.15) is 11.1 Å². The number of H-pyrrole nitrogens is 1. The Morgan fingerprint density at radius 1 is 0.724 bits per heavy atom. The van der Waals surface area contributed by atoms with Crippen LogP contribution in [0.2, 0.25) is 0 Å². The number of fused-ring (bicyclic) bond motifs is 2. The molecule has 142 valence electrons. The van der Waals surface area contributed by atoms with Gasteiger partial charge in [0.25, 0.3) is 10.0 Å². The Morgan fingerprint density at radius 3 is 2.21 bits per heavy atom. The number of nitrogens with one attached hydrogen (secondary N) is 1. The number of hydrogen-bond donors (Lipinski definition) is 1. The summed E-state index contributed by atoms with van der Waals surface area (Å²) in [5.74, 6) is 0. The lowest BCUT2D eigenvalue weighted by Gasteiger charge is -2.07. The highest BCUT2D eigenvalue weighted by Gasteiger charge is 2.20. The summed E-state index contributed by atoms with van der Waals surface area (Å²) in [7, 11) is -3.67. The Hall–Kier alpha value is -3.57. The number of rotatable bonds is 4. The van der Waals surface area contributed by atoms with E-state index in [1.807, 2.05) is 66.9 Å². The summed E-state index contributed by atoms with van der Waals surface area (Å²) in [6.07, 6.45) is 7.63. The molecule has 2 aromatic heterocycles. The molecule has 0 unspecified atom stereocenters. The first-order valence-corrected chi connectivity index (χ1v) is 10.7. The van der Waals surface area contributed by atoms with Gasteiger partial charge in [0.1, 0.15) is 0 Å². The van der Waals surface area contributed by atoms with Crippen LogP contribution in [0.15, 0.2) is 96.2 Å². The molecule has 29 heavy (non-hydrogen) atoms. The van der Waals surface area contributed by atoms with Crippen LogP contribution in [0, 0.1) is 0 Å². The van der Waals surface area contributed by atoms with E-state index in [1.54, 1.807) is 30.5 Å². The van der Waals surface area contributed by atoms with Crippen molar-refractivity contribution < 1.29 is 8.42 Å². The van der Waals surface area contributed by atoms with Crippen molar-refractivity contribution in [3.63, 3.8) is 0 Å². The molecular weight excluding hydrogens is 380 g/mol. The molecule has 0 amide bonds. The molecule has 3 aromatic carbocycles. The molecule has 5 heteroatoms. The molecule has 0 aliphatic rings. The van der Waals surface area contributed by atoms with Crippen LogP contribution < -0.4 is 0 Å². The average molecular weight is 398 g/mol. The first kappa shape index (κ1) is 17.5. The molecule has 4 nitrogen and oxygen atoms in total. The quantitative estimate of drug-likeness (QED) is 0.433. The largest absolute Gasteiger partial charge is 0.361 e. The monoisotopic (exact) mass is 398 g/mol. The Balaban J connectivity index is 1.65. The van der Waals surface area contributed by atoms with Crippen LogP contribution >= 0.6 is 0 Å². The molecule has 0 fully saturated rings. The Morgan fingerprint density at radius 2 is 1.38 bits per heavy atom. The highest BCUT2D eigenvalue weighted by Crippen LogP contribution is 2.28. The highest BCUT2D eigenvalue weighted by atomic mass is 32.2. The summed E-state index contributed by atoms with van der Waals surface area (Å²) in [5.41, 5.74) is 3.64. The molecule has 5 aromatic rings. The topological polar surface area (TPSA) is 54.9 Å². The van der Waals surface area contributed by atoms with Gasteiger partial charge in [0, 0.05) is 34.2 Å². The summed E-state index contributed by atoms with van der Waals surface area (Å²) >= 11 is 0. The fourth-order valence-electron chi connectivity index (χ4n) is 3.62. The minimum Gasteiger partial charge on any atom is -0.361 e. The molecule has 0 saturated carbocycles. The van der Waals surface area contributed by atoms with E-state index in [-0.39, 0.29) is 4.90 Å². The van der Waals surface area contributed by atoms with Crippen LogP contribution in [0.3, 0.4) is 0 Å². The fraction of sp³-hybridized carbons (Fsp3) is 0. The van der Waals surface area contributed by atoms with E-state index in [2.05, 4.69) is 11.1 Å². The van der Waals surface area contributed by atoms with Gasteiger partial charge in [-0.2, -0.15) is 0 Å². The van der Waals surface area contributed by atoms with Crippen molar-refractivity contribution in [1.82, 2.24) is 8.96 Å². The van der Waals surface area contributed by atoms with Crippen molar-refractivity contribution in [3.8, 4) is 0 Å². The van der Waals surface area contributed by atoms with Crippen molar-refractivity contribution in [2.45, 2.75) is 4.90 Å². The number of benzene rings is 3. The Kier molecular flexibility index (Phi) is 4.11.